The molecule has 4 aliphatic carbocycles. The summed E-state index contributed by atoms with van der Waals surface area (Å²) in [6.07, 6.45) is 4.50. The summed E-state index contributed by atoms with van der Waals surface area (Å²) in [6.45, 7) is 13.7. The topological polar surface area (TPSA) is 85.3 Å². The van der Waals surface area contributed by atoms with Crippen LogP contribution in [0.5, 0.6) is 0 Å². The molecule has 6 rings (SSSR count). The summed E-state index contributed by atoms with van der Waals surface area (Å²) in [5, 5.41) is 12.9. The highest BCUT2D eigenvalue weighted by Gasteiger charge is 2.77. The van der Waals surface area contributed by atoms with Crippen LogP contribution in [0.4, 0.5) is 4.79 Å². The number of nitrogens with zero attached hydrogens (tertiary/aromatic N) is 1. The van der Waals surface area contributed by atoms with Crippen LogP contribution in [0.25, 0.3) is 0 Å². The Hall–Kier alpha value is -1.70. The van der Waals surface area contributed by atoms with Crippen LogP contribution >= 0.6 is 0 Å². The third-order valence-corrected chi connectivity index (χ3v) is 10.3. The Kier molecular flexibility index (Phi) is 4.87. The van der Waals surface area contributed by atoms with Gasteiger partial charge in [-0.2, -0.15) is 0 Å². The minimum Gasteiger partial charge on any atom is -0.438 e. The Morgan fingerprint density at radius 2 is 1.89 bits per heavy atom. The molecular weight excluding hydrogens is 446 g/mol. The molecule has 2 saturated carbocycles. The predicted molar refractivity (Wildman–Crippen MR) is 128 cm³/mol. The van der Waals surface area contributed by atoms with Crippen LogP contribution in [0.2, 0.25) is 0 Å². The number of hydrogen-bond acceptors (Lipinski definition) is 6. The fourth-order valence-electron chi connectivity index (χ4n) is 8.37. The Labute approximate surface area is 207 Å². The maximum atomic E-state index is 14.6. The molecule has 35 heavy (non-hydrogen) atoms. The van der Waals surface area contributed by atoms with Crippen LogP contribution < -0.4 is 0 Å². The van der Waals surface area contributed by atoms with E-state index in [1.54, 1.807) is 4.90 Å². The molecule has 0 radical (unpaired) electrons. The quantitative estimate of drug-likeness (QED) is 0.568. The molecule has 2 saturated heterocycles. The normalized spacial score (nSPS) is 46.9. The fourth-order valence-corrected chi connectivity index (χ4v) is 8.37. The van der Waals surface area contributed by atoms with Crippen molar-refractivity contribution in [1.29, 1.82) is 0 Å². The summed E-state index contributed by atoms with van der Waals surface area (Å²) >= 11 is 0. The average Bonchev–Trinajstić information content (AvgIpc) is 3.13. The molecule has 1 amide bonds. The lowest BCUT2D eigenvalue weighted by Gasteiger charge is -2.52. The molecule has 2 heterocycles. The summed E-state index contributed by atoms with van der Waals surface area (Å²) in [5.41, 5.74) is -1.36. The molecule has 8 atom stereocenters. The molecule has 192 valence electrons. The molecule has 7 heteroatoms. The summed E-state index contributed by atoms with van der Waals surface area (Å²) in [5.74, 6) is -0.731. The summed E-state index contributed by atoms with van der Waals surface area (Å²) in [4.78, 5) is 29.5. The number of rotatable bonds is 1. The van der Waals surface area contributed by atoms with Crippen molar-refractivity contribution in [3.05, 3.63) is 23.3 Å². The number of hydrogen-bond donors (Lipinski definition) is 1. The van der Waals surface area contributed by atoms with Gasteiger partial charge in [0.1, 0.15) is 6.10 Å². The first kappa shape index (κ1) is 23.7. The number of ketones is 1. The first-order valence-electron chi connectivity index (χ1n) is 13.3. The van der Waals surface area contributed by atoms with Gasteiger partial charge in [0.25, 0.3) is 0 Å². The lowest BCUT2D eigenvalue weighted by atomic mass is 9.59. The summed E-state index contributed by atoms with van der Waals surface area (Å²) in [6, 6.07) is 0. The van der Waals surface area contributed by atoms with Crippen molar-refractivity contribution in [3.63, 3.8) is 0 Å². The molecule has 7 nitrogen and oxygen atoms in total. The van der Waals surface area contributed by atoms with Crippen molar-refractivity contribution in [2.24, 2.45) is 34.5 Å². The van der Waals surface area contributed by atoms with Gasteiger partial charge in [0.15, 0.2) is 23.3 Å². The molecule has 2 aliphatic heterocycles. The van der Waals surface area contributed by atoms with Gasteiger partial charge in [-0.3, -0.25) is 4.79 Å². The molecule has 6 aliphatic rings. The van der Waals surface area contributed by atoms with E-state index in [4.69, 9.17) is 14.2 Å². The van der Waals surface area contributed by atoms with E-state index in [2.05, 4.69) is 20.8 Å². The Bertz CT molecular complexity index is 1040. The highest BCUT2D eigenvalue weighted by atomic mass is 16.7. The summed E-state index contributed by atoms with van der Waals surface area (Å²) < 4.78 is 18.6. The lowest BCUT2D eigenvalue weighted by Crippen LogP contribution is -2.68. The van der Waals surface area contributed by atoms with Crippen LogP contribution in [0, 0.1) is 34.5 Å². The Morgan fingerprint density at radius 1 is 1.20 bits per heavy atom. The van der Waals surface area contributed by atoms with Crippen LogP contribution in [-0.2, 0) is 19.0 Å². The van der Waals surface area contributed by atoms with Gasteiger partial charge in [-0.25, -0.2) is 4.79 Å². The number of allylic oxidation sites excluding steroid dienone is 1. The lowest BCUT2D eigenvalue weighted by molar-refractivity contribution is -0.303. The van der Waals surface area contributed by atoms with Crippen molar-refractivity contribution < 1.29 is 28.9 Å². The smallest absolute Gasteiger partial charge is 0.410 e. The number of ether oxygens (including phenoxy) is 3. The second-order valence-corrected chi connectivity index (χ2v) is 12.9. The fraction of sp³-hybridized carbons (Fsp3) is 0.786. The van der Waals surface area contributed by atoms with Gasteiger partial charge in [0, 0.05) is 19.0 Å². The second-order valence-electron chi connectivity index (χ2n) is 12.9. The molecule has 4 fully saturated rings. The molecule has 0 unspecified atom stereocenters. The predicted octanol–water partition coefficient (Wildman–Crippen LogP) is 3.85. The minimum absolute atomic E-state index is 0.0351. The van der Waals surface area contributed by atoms with E-state index in [0.717, 1.165) is 30.4 Å². The third kappa shape index (κ3) is 2.95. The molecule has 2 bridgehead atoms. The van der Waals surface area contributed by atoms with E-state index < -0.39 is 35.1 Å². The minimum atomic E-state index is -1.74. The van der Waals surface area contributed by atoms with Crippen LogP contribution in [0.1, 0.15) is 60.8 Å². The number of likely N-dealkylation sites (tertiary alicyclic amines) is 1. The van der Waals surface area contributed by atoms with E-state index in [0.29, 0.717) is 19.0 Å². The first-order chi connectivity index (χ1) is 16.3. The SMILES string of the molecule is CC1=C[C@]23C(=O)[C@@H](C=C4COC(C)(C)O[C@H]4[C@]2(O)[C@H]1OC(=O)N1CCCC1)[C@H]1[C@@H](C[C@H]3C)C1(C)C. The zero-order chi connectivity index (χ0) is 25.1. The van der Waals surface area contributed by atoms with E-state index >= 15 is 0 Å². The maximum Gasteiger partial charge on any atom is 0.410 e. The Morgan fingerprint density at radius 3 is 2.57 bits per heavy atom. The molecular formula is C28H39NO6. The van der Waals surface area contributed by atoms with Crippen molar-refractivity contribution in [3.8, 4) is 0 Å². The number of amides is 1. The summed E-state index contributed by atoms with van der Waals surface area (Å²) in [7, 11) is 0. The van der Waals surface area contributed by atoms with E-state index in [-0.39, 0.29) is 35.6 Å². The van der Waals surface area contributed by atoms with Gasteiger partial charge in [0.05, 0.1) is 12.0 Å². The van der Waals surface area contributed by atoms with Gasteiger partial charge in [-0.1, -0.05) is 32.9 Å². The van der Waals surface area contributed by atoms with Gasteiger partial charge in [-0.15, -0.1) is 0 Å². The highest BCUT2D eigenvalue weighted by Crippen LogP contribution is 2.72. The van der Waals surface area contributed by atoms with Gasteiger partial charge in [-0.05, 0) is 74.3 Å². The van der Waals surface area contributed by atoms with Crippen LogP contribution in [0.3, 0.4) is 0 Å². The van der Waals surface area contributed by atoms with E-state index in [1.807, 2.05) is 32.9 Å². The molecule has 1 N–H and O–H groups in total. The molecule has 1 spiro atoms. The van der Waals surface area contributed by atoms with E-state index in [1.165, 1.54) is 0 Å². The number of fused-ring (bicyclic) bond motifs is 5. The van der Waals surface area contributed by atoms with Crippen LogP contribution in [-0.4, -0.2) is 65.2 Å². The van der Waals surface area contributed by atoms with Crippen molar-refractivity contribution >= 4 is 11.9 Å². The second kappa shape index (κ2) is 7.20. The first-order valence-corrected chi connectivity index (χ1v) is 13.3. The Balaban J connectivity index is 1.51. The molecule has 0 aromatic rings. The number of carbonyl (C=O) groups is 2. The molecule has 0 aromatic carbocycles. The number of aliphatic hydroxyl groups is 1. The standard InChI is InChI=1S/C28H39NO6/c1-15-13-27-16(2)11-19-20(25(19,3)4)18(21(27)30)12-17-14-33-26(5,6)35-23(17)28(27,32)22(15)34-24(31)29-9-7-8-10-29/h12-13,16,18-20,22-23,32H,7-11,14H2,1-6H3/t16-,18+,19-,20+,22+,23-,27+,28-/m1/s1. The van der Waals surface area contributed by atoms with E-state index in [9.17, 15) is 14.7 Å². The molecule has 0 aromatic heterocycles. The van der Waals surface area contributed by atoms with Crippen LogP contribution in [0.15, 0.2) is 23.3 Å². The largest absolute Gasteiger partial charge is 0.438 e. The van der Waals surface area contributed by atoms with Crippen molar-refractivity contribution in [2.45, 2.75) is 84.4 Å². The number of Topliss-reactive ketones (excluding diaryl/α,β-unsaturated/α-hetero) is 1. The zero-order valence-corrected chi connectivity index (χ0v) is 21.8. The zero-order valence-electron chi connectivity index (χ0n) is 21.8. The van der Waals surface area contributed by atoms with Gasteiger partial charge in [0.2, 0.25) is 0 Å². The average molecular weight is 486 g/mol. The van der Waals surface area contributed by atoms with Crippen molar-refractivity contribution in [1.82, 2.24) is 4.90 Å². The van der Waals surface area contributed by atoms with Gasteiger partial charge < -0.3 is 24.2 Å². The monoisotopic (exact) mass is 485 g/mol. The van der Waals surface area contributed by atoms with Crippen molar-refractivity contribution in [2.75, 3.05) is 19.7 Å². The highest BCUT2D eigenvalue weighted by molar-refractivity contribution is 5.95. The third-order valence-electron chi connectivity index (χ3n) is 10.3. The maximum absolute atomic E-state index is 14.6. The number of carbonyl (C=O) groups excluding carboxylic acids is 2. The van der Waals surface area contributed by atoms with Gasteiger partial charge >= 0.3 is 6.09 Å².